The molecule has 0 radical (unpaired) electrons. The summed E-state index contributed by atoms with van der Waals surface area (Å²) in [6, 6.07) is 0. The van der Waals surface area contributed by atoms with Gasteiger partial charge in [0.2, 0.25) is 0 Å². The molecule has 1 heterocycles. The van der Waals surface area contributed by atoms with Crippen LogP contribution in [0.3, 0.4) is 0 Å². The number of nitrogens with one attached hydrogen (secondary N) is 1. The Hall–Kier alpha value is 1.15. The van der Waals surface area contributed by atoms with E-state index < -0.39 is 16.5 Å². The summed E-state index contributed by atoms with van der Waals surface area (Å²) in [6.45, 7) is 3.83. The number of hydrogen-bond donors (Lipinski definition) is 2. The molecule has 0 bridgehead atoms. The van der Waals surface area contributed by atoms with Gasteiger partial charge in [0.1, 0.15) is 0 Å². The third-order valence-electron chi connectivity index (χ3n) is 0.846. The molecule has 6 heteroatoms. The summed E-state index contributed by atoms with van der Waals surface area (Å²) in [5.41, 5.74) is 0. The molecule has 0 aliphatic carbocycles. The van der Waals surface area contributed by atoms with Crippen molar-refractivity contribution < 1.29 is 21.2 Å². The van der Waals surface area contributed by atoms with E-state index in [-0.39, 0.29) is 6.15 Å². The van der Waals surface area contributed by atoms with Crippen LogP contribution < -0.4 is 11.5 Å². The van der Waals surface area contributed by atoms with Gasteiger partial charge in [0.15, 0.2) is 0 Å². The molecule has 68 valence electrons. The van der Waals surface area contributed by atoms with E-state index in [2.05, 4.69) is 5.32 Å². The van der Waals surface area contributed by atoms with Gasteiger partial charge < -0.3 is 16.2 Å². The Labute approximate surface area is 77.8 Å². The summed E-state index contributed by atoms with van der Waals surface area (Å²) in [6.07, 6.45) is 0. The van der Waals surface area contributed by atoms with Crippen LogP contribution in [-0.4, -0.2) is 26.3 Å². The monoisotopic (exact) mass is 369 g/mol. The van der Waals surface area contributed by atoms with E-state index in [1.807, 2.05) is 0 Å². The number of hydrogen-bond acceptors (Lipinski definition) is 3. The van der Waals surface area contributed by atoms with Crippen molar-refractivity contribution in [1.29, 1.82) is 0 Å². The summed E-state index contributed by atoms with van der Waals surface area (Å²) in [5, 5.41) is 3.16. The summed E-state index contributed by atoms with van der Waals surface area (Å²) in [4.78, 5) is 0. The number of rotatable bonds is 0. The van der Waals surface area contributed by atoms with Crippen molar-refractivity contribution in [2.45, 2.75) is 0 Å². The Morgan fingerprint density at radius 3 is 1.70 bits per heavy atom. The molecular weight excluding hydrogens is 358 g/mol. The normalized spacial score (nSPS) is 16.6. The van der Waals surface area contributed by atoms with Gasteiger partial charge in [-0.3, -0.25) is 0 Å². The van der Waals surface area contributed by atoms with Crippen molar-refractivity contribution in [2.24, 2.45) is 0 Å². The number of ether oxygens (including phenoxy) is 1. The number of morpholine rings is 1. The first-order valence-electron chi connectivity index (χ1n) is 2.52. The Bertz CT molecular complexity index is 45.0. The Morgan fingerprint density at radius 1 is 1.20 bits per heavy atom. The minimum absolute atomic E-state index is 0. The van der Waals surface area contributed by atoms with E-state index in [0.717, 1.165) is 26.3 Å². The van der Waals surface area contributed by atoms with Crippen LogP contribution in [0.2, 0.25) is 0 Å². The molecule has 1 aliphatic heterocycles. The van der Waals surface area contributed by atoms with Gasteiger partial charge in [-0.25, -0.2) is 0 Å². The van der Waals surface area contributed by atoms with Gasteiger partial charge >= 0.3 is 35.3 Å². The van der Waals surface area contributed by atoms with Crippen LogP contribution in [-0.2, 0) is 21.2 Å². The Morgan fingerprint density at radius 2 is 1.60 bits per heavy atom. The first-order valence-corrected chi connectivity index (χ1v) is 8.15. The van der Waals surface area contributed by atoms with E-state index in [9.17, 15) is 0 Å². The zero-order chi connectivity index (χ0) is 6.95. The Kier molecular flexibility index (Phi) is 17.5. The zero-order valence-electron chi connectivity index (χ0n) is 5.52. The SMILES string of the molecule is C1COCCN1.N.[Cl][Pt][Cl]. The molecule has 0 aromatic rings. The molecule has 0 amide bonds. The molecule has 0 saturated carbocycles. The van der Waals surface area contributed by atoms with Crippen molar-refractivity contribution in [1.82, 2.24) is 11.5 Å². The Balaban J connectivity index is 0. The average molecular weight is 370 g/mol. The first kappa shape index (κ1) is 13.7. The standard InChI is InChI=1S/C4H9NO.2ClH.H3N.Pt/c1-3-6-4-2-5-1;;;;/h5H,1-4H2;2*1H;1H3;/q;;;;+2/p-2. The van der Waals surface area contributed by atoms with E-state index in [1.54, 1.807) is 0 Å². The van der Waals surface area contributed by atoms with Gasteiger partial charge in [-0.2, -0.15) is 0 Å². The predicted molar refractivity (Wildman–Crippen MR) is 40.4 cm³/mol. The predicted octanol–water partition coefficient (Wildman–Crippen LogP) is 1.14. The van der Waals surface area contributed by atoms with Crippen molar-refractivity contribution in [3.63, 3.8) is 0 Å². The summed E-state index contributed by atoms with van der Waals surface area (Å²) in [5.74, 6) is 0. The molecule has 3 nitrogen and oxygen atoms in total. The van der Waals surface area contributed by atoms with Crippen LogP contribution >= 0.6 is 18.8 Å². The van der Waals surface area contributed by atoms with Crippen LogP contribution in [0.5, 0.6) is 0 Å². The molecule has 0 atom stereocenters. The van der Waals surface area contributed by atoms with Crippen LogP contribution in [0.1, 0.15) is 0 Å². The maximum atomic E-state index is 5.01. The van der Waals surface area contributed by atoms with Crippen LogP contribution in [0.25, 0.3) is 0 Å². The van der Waals surface area contributed by atoms with Gasteiger partial charge in [0, 0.05) is 13.1 Å². The molecule has 10 heavy (non-hydrogen) atoms. The van der Waals surface area contributed by atoms with Gasteiger partial charge in [-0.1, -0.05) is 0 Å². The fourth-order valence-corrected chi connectivity index (χ4v) is 0.516. The van der Waals surface area contributed by atoms with Crippen molar-refractivity contribution >= 4 is 18.8 Å². The summed E-state index contributed by atoms with van der Waals surface area (Å²) < 4.78 is 5.01. The third kappa shape index (κ3) is 11.9. The maximum absolute atomic E-state index is 5.01. The van der Waals surface area contributed by atoms with Crippen LogP contribution in [0, 0.1) is 0 Å². The molecule has 1 fully saturated rings. The van der Waals surface area contributed by atoms with Crippen molar-refractivity contribution in [3.05, 3.63) is 0 Å². The molecule has 0 aromatic carbocycles. The van der Waals surface area contributed by atoms with Gasteiger partial charge in [-0.05, 0) is 0 Å². The minimum atomic E-state index is -0.472. The molecule has 1 aliphatic rings. The quantitative estimate of drug-likeness (QED) is 0.673. The molecule has 4 N–H and O–H groups in total. The van der Waals surface area contributed by atoms with E-state index in [0.29, 0.717) is 0 Å². The fourth-order valence-electron chi connectivity index (χ4n) is 0.516. The van der Waals surface area contributed by atoms with Crippen LogP contribution in [0.15, 0.2) is 0 Å². The van der Waals surface area contributed by atoms with E-state index >= 15 is 0 Å². The molecular formula is C4H12Cl2N2OPt. The molecule has 1 saturated heterocycles. The topological polar surface area (TPSA) is 56.3 Å². The second-order valence-corrected chi connectivity index (χ2v) is 4.69. The second kappa shape index (κ2) is 12.8. The molecule has 1 rings (SSSR count). The summed E-state index contributed by atoms with van der Waals surface area (Å²) in [7, 11) is 9.75. The van der Waals surface area contributed by atoms with Gasteiger partial charge in [0.05, 0.1) is 13.2 Å². The van der Waals surface area contributed by atoms with Gasteiger partial charge in [-0.15, -0.1) is 0 Å². The molecule has 0 unspecified atom stereocenters. The first-order chi connectivity index (χ1) is 4.41. The second-order valence-electron chi connectivity index (χ2n) is 1.41. The van der Waals surface area contributed by atoms with Crippen molar-refractivity contribution in [3.8, 4) is 0 Å². The number of halogens is 2. The van der Waals surface area contributed by atoms with E-state index in [4.69, 9.17) is 23.6 Å². The summed E-state index contributed by atoms with van der Waals surface area (Å²) >= 11 is -0.472. The molecule has 0 aromatic heterocycles. The van der Waals surface area contributed by atoms with Crippen molar-refractivity contribution in [2.75, 3.05) is 26.3 Å². The average Bonchev–Trinajstić information content (AvgIpc) is 1.93. The zero-order valence-corrected chi connectivity index (χ0v) is 9.30. The van der Waals surface area contributed by atoms with E-state index in [1.165, 1.54) is 0 Å². The fraction of sp³-hybridized carbons (Fsp3) is 1.00. The molecule has 0 spiro atoms. The van der Waals surface area contributed by atoms with Gasteiger partial charge in [0.25, 0.3) is 0 Å². The third-order valence-corrected chi connectivity index (χ3v) is 0.846. The van der Waals surface area contributed by atoms with Crippen LogP contribution in [0.4, 0.5) is 0 Å².